The Labute approximate surface area is 264 Å². The molecule has 0 aliphatic rings. The van der Waals surface area contributed by atoms with Gasteiger partial charge >= 0.3 is 0 Å². The molecule has 0 saturated carbocycles. The summed E-state index contributed by atoms with van der Waals surface area (Å²) in [5.74, 6) is 0.623. The summed E-state index contributed by atoms with van der Waals surface area (Å²) in [6.45, 7) is 0. The van der Waals surface area contributed by atoms with Gasteiger partial charge in [0.2, 0.25) is 0 Å². The summed E-state index contributed by atoms with van der Waals surface area (Å²) in [7, 11) is 0. The van der Waals surface area contributed by atoms with Crippen LogP contribution in [0.5, 0.6) is 0 Å². The monoisotopic (exact) mass is 588 g/mol. The second-order valence-corrected chi connectivity index (χ2v) is 11.4. The van der Waals surface area contributed by atoms with E-state index in [9.17, 15) is 5.26 Å². The quantitative estimate of drug-likeness (QED) is 0.205. The molecule has 214 valence electrons. The van der Waals surface area contributed by atoms with Gasteiger partial charge < -0.3 is 8.98 Å². The molecule has 0 fully saturated rings. The van der Waals surface area contributed by atoms with Crippen LogP contribution in [-0.2, 0) is 0 Å². The van der Waals surface area contributed by atoms with Crippen molar-refractivity contribution < 1.29 is 4.42 Å². The highest BCUT2D eigenvalue weighted by Crippen LogP contribution is 2.38. The van der Waals surface area contributed by atoms with E-state index in [1.165, 1.54) is 21.8 Å². The Morgan fingerprint density at radius 2 is 1.20 bits per heavy atom. The van der Waals surface area contributed by atoms with E-state index in [-0.39, 0.29) is 0 Å². The molecule has 0 unspecified atom stereocenters. The zero-order chi connectivity index (χ0) is 30.6. The Bertz CT molecular complexity index is 2590. The number of furan rings is 1. The average Bonchev–Trinajstić information content (AvgIpc) is 3.67. The van der Waals surface area contributed by atoms with Gasteiger partial charge in [-0.05, 0) is 59.7 Å². The summed E-state index contributed by atoms with van der Waals surface area (Å²) in [5.41, 5.74) is 10.8. The van der Waals surface area contributed by atoms with E-state index in [0.29, 0.717) is 22.7 Å². The number of para-hydroxylation sites is 2. The van der Waals surface area contributed by atoms with Crippen LogP contribution in [0.1, 0.15) is 5.56 Å². The number of benzene rings is 6. The molecule has 0 atom stereocenters. The summed E-state index contributed by atoms with van der Waals surface area (Å²) < 4.78 is 8.90. The van der Waals surface area contributed by atoms with Crippen molar-refractivity contribution in [2.75, 3.05) is 0 Å². The van der Waals surface area contributed by atoms with E-state index in [1.54, 1.807) is 12.1 Å². The van der Waals surface area contributed by atoms with Crippen molar-refractivity contribution in [3.63, 3.8) is 0 Å². The number of nitrogens with zero attached hydrogens (tertiary/aromatic N) is 4. The molecule has 6 aromatic carbocycles. The molecule has 0 aliphatic heterocycles. The zero-order valence-electron chi connectivity index (χ0n) is 24.6. The van der Waals surface area contributed by atoms with Crippen LogP contribution in [0.3, 0.4) is 0 Å². The normalized spacial score (nSPS) is 11.5. The molecule has 3 heterocycles. The van der Waals surface area contributed by atoms with Crippen LogP contribution >= 0.6 is 0 Å². The second kappa shape index (κ2) is 10.3. The van der Waals surface area contributed by atoms with Crippen LogP contribution in [-0.4, -0.2) is 14.5 Å². The number of fused-ring (bicyclic) bond motifs is 6. The molecule has 46 heavy (non-hydrogen) atoms. The molecular weight excluding hydrogens is 564 g/mol. The molecule has 0 radical (unpaired) electrons. The van der Waals surface area contributed by atoms with Crippen molar-refractivity contribution in [3.05, 3.63) is 151 Å². The topological polar surface area (TPSA) is 67.6 Å². The Kier molecular flexibility index (Phi) is 5.81. The van der Waals surface area contributed by atoms with Crippen molar-refractivity contribution in [1.29, 1.82) is 5.26 Å². The standard InChI is InChI=1S/C41H24N4O/c42-25-26-17-19-27(20-18-26)38-40-39(44-41(43-38)28-9-2-1-3-10-28)34-22-21-30(24-37(34)46-40)29-11-8-12-31(23-29)45-35-15-6-4-13-32(35)33-14-5-7-16-36(33)45/h1-24H. The van der Waals surface area contributed by atoms with Crippen molar-refractivity contribution >= 4 is 43.9 Å². The van der Waals surface area contributed by atoms with E-state index < -0.39 is 0 Å². The van der Waals surface area contributed by atoms with E-state index in [2.05, 4.69) is 102 Å². The first-order chi connectivity index (χ1) is 22.7. The Hall–Kier alpha value is -6.51. The average molecular weight is 589 g/mol. The third-order valence-electron chi connectivity index (χ3n) is 8.65. The number of nitriles is 1. The van der Waals surface area contributed by atoms with Gasteiger partial charge in [0.05, 0.1) is 22.7 Å². The Morgan fingerprint density at radius 3 is 1.93 bits per heavy atom. The Morgan fingerprint density at radius 1 is 0.543 bits per heavy atom. The lowest BCUT2D eigenvalue weighted by Gasteiger charge is -2.10. The van der Waals surface area contributed by atoms with Gasteiger partial charge in [-0.1, -0.05) is 97.1 Å². The molecule has 9 aromatic rings. The van der Waals surface area contributed by atoms with Crippen LogP contribution in [0.25, 0.3) is 83.3 Å². The fourth-order valence-electron chi connectivity index (χ4n) is 6.46. The highest BCUT2D eigenvalue weighted by atomic mass is 16.3. The predicted octanol–water partition coefficient (Wildman–Crippen LogP) is 10.3. The van der Waals surface area contributed by atoms with Gasteiger partial charge in [-0.3, -0.25) is 0 Å². The van der Waals surface area contributed by atoms with E-state index in [0.717, 1.165) is 44.4 Å². The first kappa shape index (κ1) is 25.9. The Balaban J connectivity index is 1.22. The third kappa shape index (κ3) is 4.09. The molecule has 0 spiro atoms. The van der Waals surface area contributed by atoms with Gasteiger partial charge in [-0.2, -0.15) is 5.26 Å². The molecule has 0 amide bonds. The van der Waals surface area contributed by atoms with Crippen LogP contribution in [0.2, 0.25) is 0 Å². The van der Waals surface area contributed by atoms with Crippen molar-refractivity contribution in [1.82, 2.24) is 14.5 Å². The summed E-state index contributed by atoms with van der Waals surface area (Å²) >= 11 is 0. The molecule has 3 aromatic heterocycles. The largest absolute Gasteiger partial charge is 0.452 e. The lowest BCUT2D eigenvalue weighted by molar-refractivity contribution is 0.667. The van der Waals surface area contributed by atoms with Gasteiger partial charge in [-0.25, -0.2) is 9.97 Å². The zero-order valence-corrected chi connectivity index (χ0v) is 24.6. The van der Waals surface area contributed by atoms with Crippen LogP contribution in [0.15, 0.2) is 150 Å². The SMILES string of the molecule is N#Cc1ccc(-c2nc(-c3ccccc3)nc3c2oc2cc(-c4cccc(-n5c6ccccc6c6ccccc65)c4)ccc23)cc1. The fourth-order valence-corrected chi connectivity index (χ4v) is 6.46. The maximum Gasteiger partial charge on any atom is 0.180 e. The summed E-state index contributed by atoms with van der Waals surface area (Å²) in [4.78, 5) is 9.97. The number of aromatic nitrogens is 3. The number of rotatable bonds is 4. The highest BCUT2D eigenvalue weighted by Gasteiger charge is 2.19. The molecular formula is C41H24N4O. The highest BCUT2D eigenvalue weighted by molar-refractivity contribution is 6.10. The minimum atomic E-state index is 0.592. The first-order valence-corrected chi connectivity index (χ1v) is 15.1. The van der Waals surface area contributed by atoms with Gasteiger partial charge in [0.25, 0.3) is 0 Å². The summed E-state index contributed by atoms with van der Waals surface area (Å²) in [6.07, 6.45) is 0. The predicted molar refractivity (Wildman–Crippen MR) is 185 cm³/mol. The lowest BCUT2D eigenvalue weighted by Crippen LogP contribution is -1.94. The first-order valence-electron chi connectivity index (χ1n) is 15.1. The minimum absolute atomic E-state index is 0.592. The molecule has 0 bridgehead atoms. The van der Waals surface area contributed by atoms with Gasteiger partial charge in [0.1, 0.15) is 16.8 Å². The van der Waals surface area contributed by atoms with Crippen molar-refractivity contribution in [2.45, 2.75) is 0 Å². The van der Waals surface area contributed by atoms with Crippen LogP contribution in [0, 0.1) is 11.3 Å². The molecule has 0 N–H and O–H groups in total. The number of hydrogen-bond donors (Lipinski definition) is 0. The summed E-state index contributed by atoms with van der Waals surface area (Å²) in [5, 5.41) is 12.7. The molecule has 9 rings (SSSR count). The fraction of sp³-hybridized carbons (Fsp3) is 0. The van der Waals surface area contributed by atoms with Crippen molar-refractivity contribution in [3.8, 4) is 45.5 Å². The van der Waals surface area contributed by atoms with E-state index in [4.69, 9.17) is 14.4 Å². The molecule has 0 aliphatic carbocycles. The second-order valence-electron chi connectivity index (χ2n) is 11.4. The lowest BCUT2D eigenvalue weighted by atomic mass is 10.0. The summed E-state index contributed by atoms with van der Waals surface area (Å²) in [6, 6.07) is 51.6. The van der Waals surface area contributed by atoms with Crippen molar-refractivity contribution in [2.24, 2.45) is 0 Å². The van der Waals surface area contributed by atoms with Crippen LogP contribution < -0.4 is 0 Å². The van der Waals surface area contributed by atoms with Gasteiger partial charge in [-0.15, -0.1) is 0 Å². The number of hydrogen-bond acceptors (Lipinski definition) is 4. The molecule has 5 nitrogen and oxygen atoms in total. The molecule has 5 heteroatoms. The van der Waals surface area contributed by atoms with Gasteiger partial charge in [0, 0.05) is 33.0 Å². The van der Waals surface area contributed by atoms with Crippen LogP contribution in [0.4, 0.5) is 0 Å². The smallest absolute Gasteiger partial charge is 0.180 e. The minimum Gasteiger partial charge on any atom is -0.452 e. The maximum atomic E-state index is 9.35. The third-order valence-corrected chi connectivity index (χ3v) is 8.65. The van der Waals surface area contributed by atoms with E-state index >= 15 is 0 Å². The molecule has 0 saturated heterocycles. The maximum absolute atomic E-state index is 9.35. The van der Waals surface area contributed by atoms with Gasteiger partial charge in [0.15, 0.2) is 11.4 Å². The van der Waals surface area contributed by atoms with E-state index in [1.807, 2.05) is 42.5 Å².